The Balaban J connectivity index is 0. The van der Waals surface area contributed by atoms with Crippen LogP contribution >= 0.6 is 0 Å². The van der Waals surface area contributed by atoms with Crippen LogP contribution < -0.4 is 0 Å². The third kappa shape index (κ3) is 19.7. The molecule has 0 aliphatic heterocycles. The topological polar surface area (TPSA) is 57.5 Å². The van der Waals surface area contributed by atoms with Crippen LogP contribution in [-0.4, -0.2) is 39.6 Å². The van der Waals surface area contributed by atoms with Crippen molar-refractivity contribution in [2.24, 2.45) is 0 Å². The van der Waals surface area contributed by atoms with Gasteiger partial charge in [0, 0.05) is 6.42 Å². The SMILES string of the molecule is CCCCCC[C@@H](O)C/C=C\CCCCCCCC(=O)O.[AlH3]. The first-order valence-electron chi connectivity index (χ1n) is 8.71. The molecule has 22 heavy (non-hydrogen) atoms. The molecule has 0 aliphatic rings. The Labute approximate surface area is 147 Å². The molecule has 4 heteroatoms. The summed E-state index contributed by atoms with van der Waals surface area (Å²) in [6.45, 7) is 2.20. The van der Waals surface area contributed by atoms with Crippen molar-refractivity contribution in [2.75, 3.05) is 0 Å². The average Bonchev–Trinajstić information content (AvgIpc) is 2.45. The number of hydrogen-bond donors (Lipinski definition) is 2. The lowest BCUT2D eigenvalue weighted by Crippen LogP contribution is -2.04. The Hall–Kier alpha value is -0.298. The zero-order valence-corrected chi connectivity index (χ0v) is 13.7. The molecule has 2 N–H and O–H groups in total. The molecule has 0 aromatic carbocycles. The molecule has 0 aromatic rings. The van der Waals surface area contributed by atoms with Gasteiger partial charge in [-0.15, -0.1) is 0 Å². The number of carboxylic acid groups (broad SMARTS) is 1. The fourth-order valence-corrected chi connectivity index (χ4v) is 2.36. The number of allylic oxidation sites excluding steroid dienone is 1. The molecule has 0 spiro atoms. The number of carboxylic acids is 1. The second-order valence-electron chi connectivity index (χ2n) is 5.91. The van der Waals surface area contributed by atoms with Gasteiger partial charge in [0.05, 0.1) is 6.10 Å². The van der Waals surface area contributed by atoms with Gasteiger partial charge in [0.2, 0.25) is 0 Å². The lowest BCUT2D eigenvalue weighted by Gasteiger charge is -2.07. The minimum atomic E-state index is -0.689. The van der Waals surface area contributed by atoms with Crippen molar-refractivity contribution in [3.63, 3.8) is 0 Å². The van der Waals surface area contributed by atoms with Gasteiger partial charge in [-0.05, 0) is 32.1 Å². The van der Waals surface area contributed by atoms with E-state index < -0.39 is 5.97 Å². The molecule has 1 atom stereocenters. The Kier molecular flexibility index (Phi) is 20.4. The van der Waals surface area contributed by atoms with Gasteiger partial charge in [0.25, 0.3) is 0 Å². The lowest BCUT2D eigenvalue weighted by atomic mass is 10.1. The highest BCUT2D eigenvalue weighted by atomic mass is 27.0. The second-order valence-corrected chi connectivity index (χ2v) is 5.91. The predicted molar refractivity (Wildman–Crippen MR) is 98.4 cm³/mol. The first-order valence-corrected chi connectivity index (χ1v) is 8.71. The highest BCUT2D eigenvalue weighted by Gasteiger charge is 2.00. The molecule has 0 heterocycles. The summed E-state index contributed by atoms with van der Waals surface area (Å²) in [6, 6.07) is 0. The fourth-order valence-electron chi connectivity index (χ4n) is 2.36. The zero-order chi connectivity index (χ0) is 15.8. The van der Waals surface area contributed by atoms with Crippen molar-refractivity contribution in [3.05, 3.63) is 12.2 Å². The van der Waals surface area contributed by atoms with Crippen LogP contribution in [0.15, 0.2) is 12.2 Å². The number of aliphatic hydroxyl groups excluding tert-OH is 1. The summed E-state index contributed by atoms with van der Waals surface area (Å²) in [4.78, 5) is 10.3. The molecule has 0 aliphatic carbocycles. The van der Waals surface area contributed by atoms with Gasteiger partial charge in [-0.1, -0.05) is 64.0 Å². The number of unbranched alkanes of at least 4 members (excludes halogenated alkanes) is 8. The molecular formula is C18H37AlO3. The minimum absolute atomic E-state index is 0. The average molecular weight is 328 g/mol. The molecule has 0 saturated carbocycles. The molecule has 0 rings (SSSR count). The first-order chi connectivity index (χ1) is 10.2. The van der Waals surface area contributed by atoms with Crippen LogP contribution in [0.25, 0.3) is 0 Å². The van der Waals surface area contributed by atoms with Crippen LogP contribution in [0.5, 0.6) is 0 Å². The summed E-state index contributed by atoms with van der Waals surface area (Å²) in [5.74, 6) is -0.689. The summed E-state index contributed by atoms with van der Waals surface area (Å²) >= 11 is 0. The van der Waals surface area contributed by atoms with Gasteiger partial charge >= 0.3 is 5.97 Å². The van der Waals surface area contributed by atoms with Crippen LogP contribution in [0, 0.1) is 0 Å². The normalized spacial score (nSPS) is 12.3. The van der Waals surface area contributed by atoms with Gasteiger partial charge in [0.15, 0.2) is 17.4 Å². The highest BCUT2D eigenvalue weighted by Crippen LogP contribution is 2.10. The lowest BCUT2D eigenvalue weighted by molar-refractivity contribution is -0.137. The van der Waals surface area contributed by atoms with Gasteiger partial charge in [0.1, 0.15) is 0 Å². The third-order valence-electron chi connectivity index (χ3n) is 3.73. The summed E-state index contributed by atoms with van der Waals surface area (Å²) in [5.41, 5.74) is 0. The molecule has 0 saturated heterocycles. The van der Waals surface area contributed by atoms with Crippen molar-refractivity contribution >= 4 is 23.3 Å². The standard InChI is InChI=1S/C18H34O3.Al.3H/c1-2-3-4-11-14-17(19)15-12-9-7-5-6-8-10-13-16-18(20)21;;;;/h9,12,17,19H,2-8,10-11,13-16H2,1H3,(H,20,21);;;;/b12-9-;;;;/t17-;;;;/m1..../s1. The quantitative estimate of drug-likeness (QED) is 0.272. The summed E-state index contributed by atoms with van der Waals surface area (Å²) in [6.07, 6.45) is 17.4. The van der Waals surface area contributed by atoms with Crippen molar-refractivity contribution in [3.8, 4) is 0 Å². The fraction of sp³-hybridized carbons (Fsp3) is 0.833. The number of aliphatic hydroxyl groups is 1. The monoisotopic (exact) mass is 328 g/mol. The second kappa shape index (κ2) is 18.8. The number of aliphatic carboxylic acids is 1. The third-order valence-corrected chi connectivity index (χ3v) is 3.73. The van der Waals surface area contributed by atoms with E-state index in [0.717, 1.165) is 51.4 Å². The van der Waals surface area contributed by atoms with Crippen LogP contribution in [-0.2, 0) is 4.79 Å². The van der Waals surface area contributed by atoms with Crippen LogP contribution in [0.4, 0.5) is 0 Å². The van der Waals surface area contributed by atoms with Crippen molar-refractivity contribution in [1.29, 1.82) is 0 Å². The van der Waals surface area contributed by atoms with E-state index >= 15 is 0 Å². The van der Waals surface area contributed by atoms with Crippen LogP contribution in [0.2, 0.25) is 0 Å². The maximum atomic E-state index is 10.3. The van der Waals surface area contributed by atoms with Gasteiger partial charge in [-0.2, -0.15) is 0 Å². The molecule has 0 aromatic heterocycles. The molecule has 3 nitrogen and oxygen atoms in total. The van der Waals surface area contributed by atoms with Gasteiger partial charge < -0.3 is 10.2 Å². The smallest absolute Gasteiger partial charge is 0.303 e. The van der Waals surface area contributed by atoms with Gasteiger partial charge in [-0.3, -0.25) is 4.79 Å². The molecule has 0 amide bonds. The maximum Gasteiger partial charge on any atom is 0.303 e. The Morgan fingerprint density at radius 2 is 1.59 bits per heavy atom. The zero-order valence-electron chi connectivity index (χ0n) is 13.7. The predicted octanol–water partition coefficient (Wildman–Crippen LogP) is 3.90. The molecule has 130 valence electrons. The van der Waals surface area contributed by atoms with E-state index in [-0.39, 0.29) is 23.5 Å². The summed E-state index contributed by atoms with van der Waals surface area (Å²) in [7, 11) is 0. The Bertz CT molecular complexity index is 267. The van der Waals surface area contributed by atoms with E-state index in [4.69, 9.17) is 5.11 Å². The first kappa shape index (κ1) is 24.0. The van der Waals surface area contributed by atoms with Crippen LogP contribution in [0.3, 0.4) is 0 Å². The Morgan fingerprint density at radius 1 is 0.955 bits per heavy atom. The van der Waals surface area contributed by atoms with E-state index in [1.807, 2.05) is 0 Å². The maximum absolute atomic E-state index is 10.3. The molecule has 0 unspecified atom stereocenters. The number of carbonyl (C=O) groups is 1. The minimum Gasteiger partial charge on any atom is -0.481 e. The number of hydrogen-bond acceptors (Lipinski definition) is 2. The summed E-state index contributed by atoms with van der Waals surface area (Å²) in [5, 5.41) is 18.3. The Morgan fingerprint density at radius 3 is 2.27 bits per heavy atom. The van der Waals surface area contributed by atoms with E-state index in [0.29, 0.717) is 6.42 Å². The molecule has 0 radical (unpaired) electrons. The molecule has 0 bridgehead atoms. The van der Waals surface area contributed by atoms with Crippen LogP contribution in [0.1, 0.15) is 90.4 Å². The van der Waals surface area contributed by atoms with Gasteiger partial charge in [-0.25, -0.2) is 0 Å². The molecule has 0 fully saturated rings. The van der Waals surface area contributed by atoms with Crippen molar-refractivity contribution < 1.29 is 15.0 Å². The highest BCUT2D eigenvalue weighted by molar-refractivity contribution is 5.75. The van der Waals surface area contributed by atoms with Crippen molar-refractivity contribution in [1.82, 2.24) is 0 Å². The van der Waals surface area contributed by atoms with E-state index in [1.165, 1.54) is 25.7 Å². The van der Waals surface area contributed by atoms with E-state index in [9.17, 15) is 9.90 Å². The number of rotatable bonds is 15. The largest absolute Gasteiger partial charge is 0.481 e. The van der Waals surface area contributed by atoms with Crippen molar-refractivity contribution in [2.45, 2.75) is 96.5 Å². The summed E-state index contributed by atoms with van der Waals surface area (Å²) < 4.78 is 0. The van der Waals surface area contributed by atoms with E-state index in [1.54, 1.807) is 0 Å². The van der Waals surface area contributed by atoms with E-state index in [2.05, 4.69) is 19.1 Å². The molecular weight excluding hydrogens is 291 g/mol.